The van der Waals surface area contributed by atoms with Crippen molar-refractivity contribution >= 4 is 46.0 Å². The molecule has 3 aromatic rings. The van der Waals surface area contributed by atoms with Crippen molar-refractivity contribution in [3.05, 3.63) is 57.9 Å². The van der Waals surface area contributed by atoms with E-state index in [4.69, 9.17) is 11.6 Å². The van der Waals surface area contributed by atoms with Crippen molar-refractivity contribution in [3.63, 3.8) is 0 Å². The van der Waals surface area contributed by atoms with Crippen LogP contribution in [0.15, 0.2) is 59.4 Å². The zero-order chi connectivity index (χ0) is 14.7. The molecule has 0 amide bonds. The zero-order valence-electron chi connectivity index (χ0n) is 10.6. The summed E-state index contributed by atoms with van der Waals surface area (Å²) in [5.41, 5.74) is 1.78. The molecule has 0 saturated carbocycles. The van der Waals surface area contributed by atoms with E-state index in [-0.39, 0.29) is 0 Å². The molecule has 4 nitrogen and oxygen atoms in total. The molecule has 21 heavy (non-hydrogen) atoms. The van der Waals surface area contributed by atoms with Crippen molar-refractivity contribution in [3.8, 4) is 11.1 Å². The Kier molecular flexibility index (Phi) is 4.67. The summed E-state index contributed by atoms with van der Waals surface area (Å²) in [6.07, 6.45) is 8.53. The Morgan fingerprint density at radius 1 is 1.00 bits per heavy atom. The molecule has 0 N–H and O–H groups in total. The lowest BCUT2D eigenvalue weighted by molar-refractivity contribution is 0.957. The maximum absolute atomic E-state index is 6.49. The fraction of sp³-hybridized carbons (Fsp3) is 0. The van der Waals surface area contributed by atoms with Crippen LogP contribution in [0, 0.1) is 3.57 Å². The first-order valence-electron chi connectivity index (χ1n) is 5.93. The highest BCUT2D eigenvalue weighted by molar-refractivity contribution is 14.1. The van der Waals surface area contributed by atoms with Crippen LogP contribution in [0.25, 0.3) is 11.1 Å². The van der Waals surface area contributed by atoms with Crippen LogP contribution in [0.4, 0.5) is 0 Å². The maximum atomic E-state index is 6.49. The van der Waals surface area contributed by atoms with Gasteiger partial charge in [-0.1, -0.05) is 23.7 Å². The molecule has 0 aliphatic heterocycles. The predicted octanol–water partition coefficient (Wildman–Crippen LogP) is 4.34. The van der Waals surface area contributed by atoms with Crippen LogP contribution < -0.4 is 0 Å². The summed E-state index contributed by atoms with van der Waals surface area (Å²) in [4.78, 5) is 17.5. The predicted molar refractivity (Wildman–Crippen MR) is 91.3 cm³/mol. The van der Waals surface area contributed by atoms with E-state index in [2.05, 4.69) is 42.5 Å². The molecule has 1 aromatic carbocycles. The molecule has 0 fully saturated rings. The molecule has 2 aromatic heterocycles. The molecule has 7 heteroatoms. The van der Waals surface area contributed by atoms with Gasteiger partial charge in [-0.25, -0.2) is 19.9 Å². The van der Waals surface area contributed by atoms with Crippen molar-refractivity contribution in [2.45, 2.75) is 10.1 Å². The molecule has 104 valence electrons. The maximum Gasteiger partial charge on any atom is 0.192 e. The van der Waals surface area contributed by atoms with Gasteiger partial charge in [-0.3, -0.25) is 0 Å². The van der Waals surface area contributed by atoms with E-state index >= 15 is 0 Å². The van der Waals surface area contributed by atoms with Crippen LogP contribution in [0.3, 0.4) is 0 Å². The molecule has 0 atom stereocenters. The number of benzene rings is 1. The molecule has 0 aliphatic carbocycles. The number of aromatic nitrogens is 4. The van der Waals surface area contributed by atoms with Gasteiger partial charge in [-0.2, -0.15) is 0 Å². The Bertz CT molecular complexity index is 753. The van der Waals surface area contributed by atoms with Crippen LogP contribution >= 0.6 is 46.0 Å². The molecule has 2 heterocycles. The van der Waals surface area contributed by atoms with Crippen molar-refractivity contribution in [2.75, 3.05) is 0 Å². The first-order chi connectivity index (χ1) is 10.2. The summed E-state index contributed by atoms with van der Waals surface area (Å²) >= 11 is 10.1. The number of hydrogen-bond acceptors (Lipinski definition) is 5. The average Bonchev–Trinajstić information content (AvgIpc) is 2.52. The Morgan fingerprint density at radius 3 is 2.43 bits per heavy atom. The summed E-state index contributed by atoms with van der Waals surface area (Å²) in [5, 5.41) is 1.32. The Labute approximate surface area is 144 Å². The summed E-state index contributed by atoms with van der Waals surface area (Å²) in [7, 11) is 0. The lowest BCUT2D eigenvalue weighted by Crippen LogP contribution is -1.88. The highest BCUT2D eigenvalue weighted by Crippen LogP contribution is 2.37. The normalized spacial score (nSPS) is 10.6. The molecule has 0 saturated heterocycles. The van der Waals surface area contributed by atoms with Gasteiger partial charge in [0, 0.05) is 44.4 Å². The summed E-state index contributed by atoms with van der Waals surface area (Å²) in [6.45, 7) is 0. The van der Waals surface area contributed by atoms with Crippen molar-refractivity contribution in [1.29, 1.82) is 0 Å². The second-order valence-corrected chi connectivity index (χ2v) is 6.66. The van der Waals surface area contributed by atoms with E-state index in [0.29, 0.717) is 10.2 Å². The molecule has 0 radical (unpaired) electrons. The van der Waals surface area contributed by atoms with Crippen LogP contribution in [0.2, 0.25) is 5.02 Å². The van der Waals surface area contributed by atoms with Gasteiger partial charge >= 0.3 is 0 Å². The number of nitrogens with zero attached hydrogens (tertiary/aromatic N) is 4. The monoisotopic (exact) mass is 426 g/mol. The van der Waals surface area contributed by atoms with Crippen LogP contribution in [0.1, 0.15) is 0 Å². The fourth-order valence-electron chi connectivity index (χ4n) is 1.70. The minimum atomic E-state index is 0.652. The summed E-state index contributed by atoms with van der Waals surface area (Å²) in [5.74, 6) is 0. The van der Waals surface area contributed by atoms with Crippen molar-refractivity contribution < 1.29 is 0 Å². The van der Waals surface area contributed by atoms with Gasteiger partial charge in [0.25, 0.3) is 0 Å². The van der Waals surface area contributed by atoms with Crippen LogP contribution in [0.5, 0.6) is 0 Å². The van der Waals surface area contributed by atoms with E-state index in [9.17, 15) is 0 Å². The molecular formula is C14H8ClIN4S. The minimum absolute atomic E-state index is 0.652. The molecule has 0 spiro atoms. The van der Waals surface area contributed by atoms with Gasteiger partial charge in [0.05, 0.1) is 5.02 Å². The van der Waals surface area contributed by atoms with Gasteiger partial charge in [0.1, 0.15) is 6.33 Å². The van der Waals surface area contributed by atoms with E-state index in [1.165, 1.54) is 18.1 Å². The number of halogens is 2. The smallest absolute Gasteiger partial charge is 0.192 e. The highest BCUT2D eigenvalue weighted by Gasteiger charge is 2.11. The molecular weight excluding hydrogens is 419 g/mol. The van der Waals surface area contributed by atoms with Crippen LogP contribution in [-0.4, -0.2) is 19.9 Å². The second-order valence-electron chi connectivity index (χ2n) is 4.03. The quantitative estimate of drug-likeness (QED) is 0.460. The lowest BCUT2D eigenvalue weighted by Gasteiger charge is -2.08. The van der Waals surface area contributed by atoms with E-state index < -0.39 is 0 Å². The van der Waals surface area contributed by atoms with Crippen molar-refractivity contribution in [1.82, 2.24) is 19.9 Å². The molecule has 0 bridgehead atoms. The van der Waals surface area contributed by atoms with E-state index in [1.807, 2.05) is 18.2 Å². The third kappa shape index (κ3) is 3.50. The van der Waals surface area contributed by atoms with Gasteiger partial charge in [-0.05, 0) is 40.4 Å². The average molecular weight is 427 g/mol. The van der Waals surface area contributed by atoms with Gasteiger partial charge < -0.3 is 0 Å². The van der Waals surface area contributed by atoms with E-state index in [1.54, 1.807) is 24.8 Å². The van der Waals surface area contributed by atoms with E-state index in [0.717, 1.165) is 19.6 Å². The minimum Gasteiger partial charge on any atom is -0.244 e. The molecule has 0 unspecified atom stereocenters. The van der Waals surface area contributed by atoms with Crippen molar-refractivity contribution in [2.24, 2.45) is 0 Å². The molecule has 0 aliphatic rings. The third-order valence-corrected chi connectivity index (χ3v) is 4.66. The van der Waals surface area contributed by atoms with Gasteiger partial charge in [-0.15, -0.1) is 0 Å². The summed E-state index contributed by atoms with van der Waals surface area (Å²) in [6, 6.07) is 5.84. The van der Waals surface area contributed by atoms with Crippen LogP contribution in [-0.2, 0) is 0 Å². The standard InChI is InChI=1S/C14H8ClIN4S/c15-13-11(9-4-17-8-18-5-9)2-1-3-12(13)21-14-19-6-10(16)7-20-14/h1-8H. The first-order valence-corrected chi connectivity index (χ1v) is 8.20. The second kappa shape index (κ2) is 6.67. The largest absolute Gasteiger partial charge is 0.244 e. The Balaban J connectivity index is 1.95. The topological polar surface area (TPSA) is 51.6 Å². The van der Waals surface area contributed by atoms with Gasteiger partial charge in [0.15, 0.2) is 5.16 Å². The SMILES string of the molecule is Clc1c(Sc2ncc(I)cn2)cccc1-c1cncnc1. The Hall–Kier alpha value is -1.25. The third-order valence-electron chi connectivity index (χ3n) is 2.63. The number of hydrogen-bond donors (Lipinski definition) is 0. The highest BCUT2D eigenvalue weighted by atomic mass is 127. The molecule has 3 rings (SSSR count). The first kappa shape index (κ1) is 14.7. The summed E-state index contributed by atoms with van der Waals surface area (Å²) < 4.78 is 0.998. The number of rotatable bonds is 3. The lowest BCUT2D eigenvalue weighted by atomic mass is 10.1. The van der Waals surface area contributed by atoms with Gasteiger partial charge in [0.2, 0.25) is 0 Å². The fourth-order valence-corrected chi connectivity index (χ4v) is 3.09. The Morgan fingerprint density at radius 2 is 1.71 bits per heavy atom. The zero-order valence-corrected chi connectivity index (χ0v) is 14.3.